The van der Waals surface area contributed by atoms with Gasteiger partial charge in [-0.15, -0.1) is 11.3 Å². The van der Waals surface area contributed by atoms with Crippen molar-refractivity contribution in [2.75, 3.05) is 0 Å². The van der Waals surface area contributed by atoms with Crippen LogP contribution in [0, 0.1) is 0 Å². The molecule has 0 N–H and O–H groups in total. The lowest BCUT2D eigenvalue weighted by molar-refractivity contribution is 0.362. The van der Waals surface area contributed by atoms with Gasteiger partial charge in [0.2, 0.25) is 0 Å². The highest BCUT2D eigenvalue weighted by Crippen LogP contribution is 2.46. The van der Waals surface area contributed by atoms with E-state index in [1.165, 1.54) is 0 Å². The zero-order valence-electron chi connectivity index (χ0n) is 6.69. The summed E-state index contributed by atoms with van der Waals surface area (Å²) in [6.45, 7) is 0. The Balaban J connectivity index is 2.14. The van der Waals surface area contributed by atoms with Crippen LogP contribution in [0.25, 0.3) is 0 Å². The lowest BCUT2D eigenvalue weighted by Crippen LogP contribution is -1.95. The molecule has 1 aliphatic rings. The molecule has 0 saturated heterocycles. The van der Waals surface area contributed by atoms with Crippen LogP contribution in [0.15, 0.2) is 35.0 Å². The summed E-state index contributed by atoms with van der Waals surface area (Å²) in [5.41, 5.74) is 0. The van der Waals surface area contributed by atoms with Gasteiger partial charge in [0.15, 0.2) is 23.0 Å². The van der Waals surface area contributed by atoms with Crippen molar-refractivity contribution in [1.82, 2.24) is 0 Å². The molecule has 64 valence electrons. The maximum Gasteiger partial charge on any atom is 0.180 e. The first-order chi connectivity index (χ1) is 6.43. The topological polar surface area (TPSA) is 18.5 Å². The van der Waals surface area contributed by atoms with Crippen molar-refractivity contribution in [3.63, 3.8) is 0 Å². The smallest absolute Gasteiger partial charge is 0.180 e. The highest BCUT2D eigenvalue weighted by molar-refractivity contribution is 7.08. The van der Waals surface area contributed by atoms with Gasteiger partial charge in [-0.3, -0.25) is 0 Å². The van der Waals surface area contributed by atoms with Crippen LogP contribution in [-0.4, -0.2) is 0 Å². The van der Waals surface area contributed by atoms with Gasteiger partial charge in [0, 0.05) is 10.8 Å². The summed E-state index contributed by atoms with van der Waals surface area (Å²) in [5.74, 6) is 3.19. The summed E-state index contributed by atoms with van der Waals surface area (Å²) in [6.07, 6.45) is 0. The fourth-order valence-corrected chi connectivity index (χ4v) is 1.92. The van der Waals surface area contributed by atoms with Crippen molar-refractivity contribution in [2.24, 2.45) is 0 Å². The van der Waals surface area contributed by atoms with E-state index in [-0.39, 0.29) is 0 Å². The monoisotopic (exact) mass is 190 g/mol. The normalized spacial score (nSPS) is 12.3. The van der Waals surface area contributed by atoms with Crippen LogP contribution in [0.3, 0.4) is 0 Å². The molecular weight excluding hydrogens is 184 g/mol. The first-order valence-corrected chi connectivity index (χ1v) is 4.89. The summed E-state index contributed by atoms with van der Waals surface area (Å²) in [6, 6.07) is 7.66. The van der Waals surface area contributed by atoms with E-state index in [0.717, 1.165) is 23.0 Å². The molecule has 3 rings (SSSR count). The fourth-order valence-electron chi connectivity index (χ4n) is 1.28. The molecule has 13 heavy (non-hydrogen) atoms. The van der Waals surface area contributed by atoms with Gasteiger partial charge in [0.25, 0.3) is 0 Å². The third-order valence-corrected chi connectivity index (χ3v) is 2.58. The van der Waals surface area contributed by atoms with Crippen molar-refractivity contribution < 1.29 is 9.47 Å². The van der Waals surface area contributed by atoms with Gasteiger partial charge in [-0.05, 0) is 12.1 Å². The lowest BCUT2D eigenvalue weighted by Gasteiger charge is -2.16. The van der Waals surface area contributed by atoms with Crippen LogP contribution in [0.1, 0.15) is 0 Å². The van der Waals surface area contributed by atoms with E-state index in [1.54, 1.807) is 11.3 Å². The number of thiophene rings is 1. The Labute approximate surface area is 79.4 Å². The van der Waals surface area contributed by atoms with Crippen LogP contribution < -0.4 is 9.47 Å². The molecule has 0 amide bonds. The SMILES string of the molecule is c1ccc2c(c1)Oc1cscc1O2. The Morgan fingerprint density at radius 1 is 0.769 bits per heavy atom. The van der Waals surface area contributed by atoms with E-state index in [0.29, 0.717) is 0 Å². The Hall–Kier alpha value is -1.48. The second-order valence-electron chi connectivity index (χ2n) is 2.75. The van der Waals surface area contributed by atoms with Crippen molar-refractivity contribution in [1.29, 1.82) is 0 Å². The van der Waals surface area contributed by atoms with Gasteiger partial charge in [-0.2, -0.15) is 0 Å². The van der Waals surface area contributed by atoms with Gasteiger partial charge in [-0.1, -0.05) is 12.1 Å². The first-order valence-electron chi connectivity index (χ1n) is 3.94. The molecule has 1 aliphatic heterocycles. The van der Waals surface area contributed by atoms with Crippen molar-refractivity contribution in [2.45, 2.75) is 0 Å². The number of fused-ring (bicyclic) bond motifs is 2. The van der Waals surface area contributed by atoms with Gasteiger partial charge in [-0.25, -0.2) is 0 Å². The third kappa shape index (κ3) is 1.01. The van der Waals surface area contributed by atoms with E-state index >= 15 is 0 Å². The van der Waals surface area contributed by atoms with Gasteiger partial charge >= 0.3 is 0 Å². The van der Waals surface area contributed by atoms with Crippen LogP contribution in [-0.2, 0) is 0 Å². The van der Waals surface area contributed by atoms with E-state index in [2.05, 4.69) is 0 Å². The molecule has 1 aromatic heterocycles. The molecule has 0 bridgehead atoms. The molecule has 0 atom stereocenters. The average molecular weight is 190 g/mol. The van der Waals surface area contributed by atoms with Gasteiger partial charge in [0.05, 0.1) is 0 Å². The summed E-state index contributed by atoms with van der Waals surface area (Å²) < 4.78 is 11.2. The zero-order chi connectivity index (χ0) is 8.67. The molecule has 0 unspecified atom stereocenters. The molecule has 0 fully saturated rings. The molecule has 2 nitrogen and oxygen atoms in total. The lowest BCUT2D eigenvalue weighted by atomic mass is 10.3. The van der Waals surface area contributed by atoms with E-state index in [1.807, 2.05) is 35.0 Å². The largest absolute Gasteiger partial charge is 0.449 e. The van der Waals surface area contributed by atoms with Crippen molar-refractivity contribution in [3.8, 4) is 23.0 Å². The third-order valence-electron chi connectivity index (χ3n) is 1.88. The van der Waals surface area contributed by atoms with E-state index < -0.39 is 0 Å². The fraction of sp³-hybridized carbons (Fsp3) is 0. The Morgan fingerprint density at radius 2 is 1.31 bits per heavy atom. The molecule has 0 saturated carbocycles. The van der Waals surface area contributed by atoms with Crippen molar-refractivity contribution >= 4 is 11.3 Å². The quantitative estimate of drug-likeness (QED) is 0.538. The summed E-state index contributed by atoms with van der Waals surface area (Å²) >= 11 is 1.58. The summed E-state index contributed by atoms with van der Waals surface area (Å²) in [5, 5.41) is 3.87. The molecule has 2 heterocycles. The average Bonchev–Trinajstić information content (AvgIpc) is 2.61. The number of para-hydroxylation sites is 2. The predicted molar refractivity (Wildman–Crippen MR) is 50.9 cm³/mol. The standard InChI is InChI=1S/C10H6O2S/c1-2-4-8-7(3-1)11-9-5-13-6-10(9)12-8/h1-6H. The number of benzene rings is 1. The second kappa shape index (κ2) is 2.50. The van der Waals surface area contributed by atoms with Crippen LogP contribution in [0.2, 0.25) is 0 Å². The summed E-state index contributed by atoms with van der Waals surface area (Å²) in [4.78, 5) is 0. The Morgan fingerprint density at radius 3 is 1.85 bits per heavy atom. The first kappa shape index (κ1) is 6.97. The Bertz CT molecular complexity index is 408. The van der Waals surface area contributed by atoms with Crippen LogP contribution in [0.5, 0.6) is 23.0 Å². The maximum atomic E-state index is 5.60. The van der Waals surface area contributed by atoms with Crippen LogP contribution in [0.4, 0.5) is 0 Å². The Kier molecular flexibility index (Phi) is 1.34. The zero-order valence-corrected chi connectivity index (χ0v) is 7.51. The highest BCUT2D eigenvalue weighted by Gasteiger charge is 2.17. The predicted octanol–water partition coefficient (Wildman–Crippen LogP) is 3.65. The highest BCUT2D eigenvalue weighted by atomic mass is 32.1. The molecular formula is C10H6O2S. The molecule has 1 aromatic carbocycles. The number of ether oxygens (including phenoxy) is 2. The van der Waals surface area contributed by atoms with Gasteiger partial charge < -0.3 is 9.47 Å². The maximum absolute atomic E-state index is 5.60. The van der Waals surface area contributed by atoms with Crippen molar-refractivity contribution in [3.05, 3.63) is 35.0 Å². The minimum absolute atomic E-state index is 0.786. The molecule has 2 aromatic rings. The molecule has 0 spiro atoms. The summed E-state index contributed by atoms with van der Waals surface area (Å²) in [7, 11) is 0. The minimum Gasteiger partial charge on any atom is -0.449 e. The number of rotatable bonds is 0. The van der Waals surface area contributed by atoms with E-state index in [4.69, 9.17) is 9.47 Å². The van der Waals surface area contributed by atoms with Crippen LogP contribution >= 0.6 is 11.3 Å². The molecule has 3 heteroatoms. The number of hydrogen-bond donors (Lipinski definition) is 0. The van der Waals surface area contributed by atoms with Gasteiger partial charge in [0.1, 0.15) is 0 Å². The molecule has 0 radical (unpaired) electrons. The minimum atomic E-state index is 0.786. The second-order valence-corrected chi connectivity index (χ2v) is 3.49. The number of hydrogen-bond acceptors (Lipinski definition) is 3. The molecule has 0 aliphatic carbocycles. The van der Waals surface area contributed by atoms with E-state index in [9.17, 15) is 0 Å².